The summed E-state index contributed by atoms with van der Waals surface area (Å²) < 4.78 is 0. The highest BCUT2D eigenvalue weighted by atomic mass is 16.2. The first-order chi connectivity index (χ1) is 15.2. The van der Waals surface area contributed by atoms with Crippen LogP contribution in [0.4, 0.5) is 0 Å². The fraction of sp³-hybridized carbons (Fsp3) is 0.333. The molecule has 7 heteroatoms. The van der Waals surface area contributed by atoms with Crippen LogP contribution in [0.5, 0.6) is 0 Å². The van der Waals surface area contributed by atoms with Gasteiger partial charge in [0.15, 0.2) is 0 Å². The molecule has 31 heavy (non-hydrogen) atoms. The Labute approximate surface area is 182 Å². The van der Waals surface area contributed by atoms with Gasteiger partial charge in [0.2, 0.25) is 5.91 Å². The van der Waals surface area contributed by atoms with Crippen molar-refractivity contribution in [1.29, 1.82) is 0 Å². The molecule has 4 rings (SSSR count). The van der Waals surface area contributed by atoms with E-state index >= 15 is 0 Å². The Balaban J connectivity index is 1.52. The van der Waals surface area contributed by atoms with Crippen molar-refractivity contribution in [1.82, 2.24) is 25.1 Å². The van der Waals surface area contributed by atoms with Crippen LogP contribution in [0.25, 0.3) is 22.2 Å². The summed E-state index contributed by atoms with van der Waals surface area (Å²) in [5.74, 6) is 0.0432. The minimum atomic E-state index is -0.00109. The number of carbonyl (C=O) groups excluding carboxylic acids is 2. The molecule has 1 N–H and O–H groups in total. The number of pyridine rings is 2. The Morgan fingerprint density at radius 3 is 2.61 bits per heavy atom. The fourth-order valence-corrected chi connectivity index (χ4v) is 3.82. The van der Waals surface area contributed by atoms with Gasteiger partial charge in [-0.1, -0.05) is 25.1 Å². The van der Waals surface area contributed by atoms with Gasteiger partial charge in [-0.3, -0.25) is 19.5 Å². The number of aromatic nitrogens is 2. The van der Waals surface area contributed by atoms with Gasteiger partial charge < -0.3 is 10.2 Å². The molecular formula is C24H27N5O2. The maximum Gasteiger partial charge on any atom is 0.254 e. The number of para-hydroxylation sites is 1. The predicted molar refractivity (Wildman–Crippen MR) is 121 cm³/mol. The van der Waals surface area contributed by atoms with Crippen molar-refractivity contribution in [2.45, 2.75) is 13.3 Å². The Hall–Kier alpha value is -3.32. The van der Waals surface area contributed by atoms with Crippen molar-refractivity contribution in [2.24, 2.45) is 0 Å². The maximum atomic E-state index is 13.5. The van der Waals surface area contributed by atoms with E-state index in [0.29, 0.717) is 44.8 Å². The van der Waals surface area contributed by atoms with Gasteiger partial charge in [-0.25, -0.2) is 4.98 Å². The van der Waals surface area contributed by atoms with Crippen molar-refractivity contribution >= 4 is 22.7 Å². The molecular weight excluding hydrogens is 390 g/mol. The Morgan fingerprint density at radius 2 is 1.87 bits per heavy atom. The molecule has 0 saturated carbocycles. The summed E-state index contributed by atoms with van der Waals surface area (Å²) in [5, 5.41) is 3.76. The molecule has 1 aliphatic heterocycles. The summed E-state index contributed by atoms with van der Waals surface area (Å²) in [6, 6.07) is 13.4. The summed E-state index contributed by atoms with van der Waals surface area (Å²) in [7, 11) is 0. The number of amides is 2. The van der Waals surface area contributed by atoms with Gasteiger partial charge in [-0.05, 0) is 30.7 Å². The number of carbonyl (C=O) groups is 2. The first-order valence-electron chi connectivity index (χ1n) is 10.7. The quantitative estimate of drug-likeness (QED) is 0.667. The highest BCUT2D eigenvalue weighted by Crippen LogP contribution is 2.25. The van der Waals surface area contributed by atoms with E-state index in [1.54, 1.807) is 12.4 Å². The van der Waals surface area contributed by atoms with E-state index in [4.69, 9.17) is 4.98 Å². The van der Waals surface area contributed by atoms with E-state index in [-0.39, 0.29) is 11.8 Å². The topological polar surface area (TPSA) is 78.4 Å². The summed E-state index contributed by atoms with van der Waals surface area (Å²) in [6.45, 7) is 5.68. The molecule has 2 aromatic heterocycles. The second-order valence-electron chi connectivity index (χ2n) is 7.73. The van der Waals surface area contributed by atoms with Crippen LogP contribution in [-0.2, 0) is 4.79 Å². The zero-order chi connectivity index (χ0) is 21.6. The van der Waals surface area contributed by atoms with Crippen molar-refractivity contribution in [3.05, 3.63) is 60.4 Å². The third kappa shape index (κ3) is 4.88. The van der Waals surface area contributed by atoms with Gasteiger partial charge >= 0.3 is 0 Å². The van der Waals surface area contributed by atoms with Gasteiger partial charge in [-0.2, -0.15) is 0 Å². The molecule has 3 aromatic rings. The van der Waals surface area contributed by atoms with E-state index in [0.717, 1.165) is 28.6 Å². The molecule has 0 atom stereocenters. The predicted octanol–water partition coefficient (Wildman–Crippen LogP) is 2.58. The summed E-state index contributed by atoms with van der Waals surface area (Å²) >= 11 is 0. The summed E-state index contributed by atoms with van der Waals surface area (Å²) in [4.78, 5) is 38.3. The van der Waals surface area contributed by atoms with Crippen LogP contribution in [0.3, 0.4) is 0 Å². The van der Waals surface area contributed by atoms with Crippen LogP contribution in [-0.4, -0.2) is 70.9 Å². The summed E-state index contributed by atoms with van der Waals surface area (Å²) in [6.07, 6.45) is 4.40. The number of hydrogen-bond donors (Lipinski definition) is 1. The molecule has 2 amide bonds. The van der Waals surface area contributed by atoms with Crippen LogP contribution >= 0.6 is 0 Å². The van der Waals surface area contributed by atoms with Crippen molar-refractivity contribution in [2.75, 3.05) is 39.3 Å². The molecule has 0 spiro atoms. The van der Waals surface area contributed by atoms with Crippen LogP contribution < -0.4 is 5.32 Å². The first kappa shape index (κ1) is 20.9. The number of fused-ring (bicyclic) bond motifs is 1. The van der Waals surface area contributed by atoms with Crippen LogP contribution in [0.1, 0.15) is 23.7 Å². The minimum Gasteiger partial charge on any atom is -0.355 e. The second kappa shape index (κ2) is 9.66. The smallest absolute Gasteiger partial charge is 0.254 e. The van der Waals surface area contributed by atoms with E-state index in [1.807, 2.05) is 54.3 Å². The minimum absolute atomic E-state index is 0.00109. The molecule has 3 heterocycles. The molecule has 0 aliphatic carbocycles. The third-order valence-electron chi connectivity index (χ3n) is 5.50. The monoisotopic (exact) mass is 417 g/mol. The van der Waals surface area contributed by atoms with E-state index in [1.165, 1.54) is 0 Å². The fourth-order valence-electron chi connectivity index (χ4n) is 3.82. The Bertz CT molecular complexity index is 1060. The van der Waals surface area contributed by atoms with Gasteiger partial charge in [0.05, 0.1) is 23.3 Å². The normalized spacial score (nSPS) is 14.5. The number of hydrogen-bond acceptors (Lipinski definition) is 5. The van der Waals surface area contributed by atoms with Crippen LogP contribution in [0.15, 0.2) is 54.9 Å². The number of piperazine rings is 1. The van der Waals surface area contributed by atoms with Gasteiger partial charge in [0, 0.05) is 56.1 Å². The molecule has 0 bridgehead atoms. The molecule has 160 valence electrons. The number of nitrogens with one attached hydrogen (secondary N) is 1. The van der Waals surface area contributed by atoms with E-state index < -0.39 is 0 Å². The zero-order valence-corrected chi connectivity index (χ0v) is 17.8. The molecule has 1 aliphatic rings. The lowest BCUT2D eigenvalue weighted by Gasteiger charge is -2.34. The molecule has 0 radical (unpaired) electrons. The van der Waals surface area contributed by atoms with Crippen molar-refractivity contribution in [3.8, 4) is 11.3 Å². The summed E-state index contributed by atoms with van der Waals surface area (Å²) in [5.41, 5.74) is 3.06. The lowest BCUT2D eigenvalue weighted by atomic mass is 10.0. The van der Waals surface area contributed by atoms with Gasteiger partial charge in [0.25, 0.3) is 5.91 Å². The average Bonchev–Trinajstić information content (AvgIpc) is 2.82. The van der Waals surface area contributed by atoms with E-state index in [2.05, 4.69) is 15.2 Å². The number of benzene rings is 1. The lowest BCUT2D eigenvalue weighted by molar-refractivity contribution is -0.122. The molecule has 7 nitrogen and oxygen atoms in total. The Kier molecular flexibility index (Phi) is 6.52. The Morgan fingerprint density at radius 1 is 1.06 bits per heavy atom. The third-order valence-corrected chi connectivity index (χ3v) is 5.50. The van der Waals surface area contributed by atoms with Crippen LogP contribution in [0, 0.1) is 0 Å². The molecule has 0 unspecified atom stereocenters. The zero-order valence-electron chi connectivity index (χ0n) is 17.8. The lowest BCUT2D eigenvalue weighted by Crippen LogP contribution is -2.51. The SMILES string of the molecule is CCCNC(=O)CN1CCN(C(=O)c2cc(-c3cccnc3)nc3ccccc23)CC1. The molecule has 1 saturated heterocycles. The van der Waals surface area contributed by atoms with Crippen molar-refractivity contribution in [3.63, 3.8) is 0 Å². The van der Waals surface area contributed by atoms with Crippen LogP contribution in [0.2, 0.25) is 0 Å². The highest BCUT2D eigenvalue weighted by molar-refractivity contribution is 6.07. The standard InChI is InChI=1S/C24H27N5O2/c1-2-9-26-23(30)17-28-11-13-29(14-12-28)24(31)20-15-22(18-6-5-10-25-16-18)27-21-8-4-3-7-19(20)21/h3-8,10,15-16H,2,9,11-14,17H2,1H3,(H,26,30). The first-order valence-corrected chi connectivity index (χ1v) is 10.7. The van der Waals surface area contributed by atoms with Crippen molar-refractivity contribution < 1.29 is 9.59 Å². The maximum absolute atomic E-state index is 13.5. The van der Waals surface area contributed by atoms with E-state index in [9.17, 15) is 9.59 Å². The molecule has 1 fully saturated rings. The number of nitrogens with zero attached hydrogens (tertiary/aromatic N) is 4. The second-order valence-corrected chi connectivity index (χ2v) is 7.73. The largest absolute Gasteiger partial charge is 0.355 e. The number of rotatable bonds is 6. The average molecular weight is 418 g/mol. The molecule has 1 aromatic carbocycles. The highest BCUT2D eigenvalue weighted by Gasteiger charge is 2.25. The van der Waals surface area contributed by atoms with Gasteiger partial charge in [0.1, 0.15) is 0 Å². The van der Waals surface area contributed by atoms with Gasteiger partial charge in [-0.15, -0.1) is 0 Å².